The number of aryl methyl sites for hydroxylation is 1. The average molecular weight is 426 g/mol. The molecule has 0 unspecified atom stereocenters. The molecular weight excluding hydrogens is 397 g/mol. The maximum absolute atomic E-state index is 12.9. The van der Waals surface area contributed by atoms with E-state index in [1.54, 1.807) is 4.90 Å². The van der Waals surface area contributed by atoms with Crippen LogP contribution in [0.3, 0.4) is 0 Å². The topological polar surface area (TPSA) is 78.5 Å². The lowest BCUT2D eigenvalue weighted by atomic mass is 10.1. The van der Waals surface area contributed by atoms with Gasteiger partial charge in [-0.05, 0) is 55.5 Å². The van der Waals surface area contributed by atoms with Crippen molar-refractivity contribution in [2.24, 2.45) is 0 Å². The van der Waals surface area contributed by atoms with E-state index in [0.29, 0.717) is 50.9 Å². The van der Waals surface area contributed by atoms with Gasteiger partial charge in [-0.1, -0.05) is 30.3 Å². The summed E-state index contributed by atoms with van der Waals surface area (Å²) in [6, 6.07) is 14.8. The van der Waals surface area contributed by atoms with Crippen LogP contribution in [0.15, 0.2) is 54.6 Å². The molecule has 0 aromatic heterocycles. The van der Waals surface area contributed by atoms with Gasteiger partial charge in [0.25, 0.3) is 5.91 Å². The molecule has 6 nitrogen and oxygen atoms in total. The fourth-order valence-corrected chi connectivity index (χ4v) is 3.70. The third-order valence-electron chi connectivity index (χ3n) is 5.39. The van der Waals surface area contributed by atoms with Gasteiger partial charge in [0, 0.05) is 31.6 Å². The van der Waals surface area contributed by atoms with Gasteiger partial charge >= 0.3 is 0 Å². The number of carbonyl (C=O) groups excluding carboxylic acids is 3. The molecule has 1 aliphatic heterocycles. The number of hydrogen-bond donors (Lipinski definition) is 2. The highest BCUT2D eigenvalue weighted by molar-refractivity contribution is 5.94. The SMILES string of the molecule is O=C(NCCCNC(=O)[C@H]1CCCN1C(=O)CCc1ccccc1)c1ccc(F)cc1. The Balaban J connectivity index is 1.36. The van der Waals surface area contributed by atoms with E-state index in [1.807, 2.05) is 30.3 Å². The van der Waals surface area contributed by atoms with E-state index in [4.69, 9.17) is 0 Å². The first-order valence-corrected chi connectivity index (χ1v) is 10.7. The number of nitrogens with zero attached hydrogens (tertiary/aromatic N) is 1. The van der Waals surface area contributed by atoms with E-state index < -0.39 is 11.9 Å². The minimum atomic E-state index is -0.419. The van der Waals surface area contributed by atoms with Crippen LogP contribution in [0.25, 0.3) is 0 Å². The van der Waals surface area contributed by atoms with Crippen LogP contribution >= 0.6 is 0 Å². The predicted octanol–water partition coefficient (Wildman–Crippen LogP) is 2.69. The van der Waals surface area contributed by atoms with Gasteiger partial charge in [0.1, 0.15) is 11.9 Å². The lowest BCUT2D eigenvalue weighted by Crippen LogP contribution is -2.46. The molecule has 1 heterocycles. The zero-order valence-electron chi connectivity index (χ0n) is 17.5. The number of amides is 3. The van der Waals surface area contributed by atoms with Crippen molar-refractivity contribution in [3.05, 3.63) is 71.5 Å². The summed E-state index contributed by atoms with van der Waals surface area (Å²) in [7, 11) is 0. The summed E-state index contributed by atoms with van der Waals surface area (Å²) in [5.41, 5.74) is 1.50. The Morgan fingerprint density at radius 3 is 2.42 bits per heavy atom. The van der Waals surface area contributed by atoms with Crippen LogP contribution < -0.4 is 10.6 Å². The highest BCUT2D eigenvalue weighted by Crippen LogP contribution is 2.19. The molecule has 0 aliphatic carbocycles. The van der Waals surface area contributed by atoms with Crippen LogP contribution in [0.1, 0.15) is 41.6 Å². The van der Waals surface area contributed by atoms with E-state index in [0.717, 1.165) is 12.0 Å². The molecule has 1 saturated heterocycles. The third-order valence-corrected chi connectivity index (χ3v) is 5.39. The Kier molecular flexibility index (Phi) is 8.15. The molecule has 2 aromatic carbocycles. The van der Waals surface area contributed by atoms with E-state index in [2.05, 4.69) is 10.6 Å². The molecule has 0 radical (unpaired) electrons. The summed E-state index contributed by atoms with van der Waals surface area (Å²) in [5.74, 6) is -0.806. The first kappa shape index (κ1) is 22.5. The lowest BCUT2D eigenvalue weighted by Gasteiger charge is -2.24. The van der Waals surface area contributed by atoms with Crippen LogP contribution in [0.5, 0.6) is 0 Å². The van der Waals surface area contributed by atoms with Gasteiger partial charge in [-0.25, -0.2) is 4.39 Å². The number of likely N-dealkylation sites (tertiary alicyclic amines) is 1. The summed E-state index contributed by atoms with van der Waals surface area (Å²) in [4.78, 5) is 38.8. The van der Waals surface area contributed by atoms with E-state index in [9.17, 15) is 18.8 Å². The van der Waals surface area contributed by atoms with Crippen LogP contribution in [0.4, 0.5) is 4.39 Å². The van der Waals surface area contributed by atoms with Crippen LogP contribution in [0, 0.1) is 5.82 Å². The molecular formula is C24H28FN3O3. The zero-order chi connectivity index (χ0) is 22.1. The lowest BCUT2D eigenvalue weighted by molar-refractivity contribution is -0.138. The molecule has 1 atom stereocenters. The average Bonchev–Trinajstić information content (AvgIpc) is 3.28. The van der Waals surface area contributed by atoms with Crippen LogP contribution in [-0.4, -0.2) is 48.3 Å². The van der Waals surface area contributed by atoms with Crippen molar-refractivity contribution in [1.82, 2.24) is 15.5 Å². The number of rotatable bonds is 9. The van der Waals surface area contributed by atoms with Crippen LogP contribution in [0.2, 0.25) is 0 Å². The highest BCUT2D eigenvalue weighted by atomic mass is 19.1. The molecule has 2 N–H and O–H groups in total. The van der Waals surface area contributed by atoms with Gasteiger partial charge < -0.3 is 15.5 Å². The molecule has 1 fully saturated rings. The molecule has 2 aromatic rings. The fraction of sp³-hybridized carbons (Fsp3) is 0.375. The molecule has 1 aliphatic rings. The first-order valence-electron chi connectivity index (χ1n) is 10.7. The van der Waals surface area contributed by atoms with Gasteiger partial charge in [-0.2, -0.15) is 0 Å². The molecule has 0 bridgehead atoms. The smallest absolute Gasteiger partial charge is 0.251 e. The fourth-order valence-electron chi connectivity index (χ4n) is 3.70. The second-order valence-electron chi connectivity index (χ2n) is 7.64. The van der Waals surface area contributed by atoms with Gasteiger partial charge in [0.15, 0.2) is 0 Å². The molecule has 7 heteroatoms. The second kappa shape index (κ2) is 11.2. The minimum Gasteiger partial charge on any atom is -0.354 e. The summed E-state index contributed by atoms with van der Waals surface area (Å²) >= 11 is 0. The highest BCUT2D eigenvalue weighted by Gasteiger charge is 2.33. The first-order chi connectivity index (χ1) is 15.0. The summed E-state index contributed by atoms with van der Waals surface area (Å²) in [5, 5.41) is 5.61. The van der Waals surface area contributed by atoms with Crippen molar-refractivity contribution in [2.75, 3.05) is 19.6 Å². The normalized spacial score (nSPS) is 15.5. The largest absolute Gasteiger partial charge is 0.354 e. The monoisotopic (exact) mass is 425 g/mol. The second-order valence-corrected chi connectivity index (χ2v) is 7.64. The Morgan fingerprint density at radius 2 is 1.68 bits per heavy atom. The number of nitrogens with one attached hydrogen (secondary N) is 2. The van der Waals surface area contributed by atoms with Crippen molar-refractivity contribution < 1.29 is 18.8 Å². The van der Waals surface area contributed by atoms with Gasteiger partial charge in [0.05, 0.1) is 0 Å². The minimum absolute atomic E-state index is 0.00747. The number of hydrogen-bond acceptors (Lipinski definition) is 3. The summed E-state index contributed by atoms with van der Waals surface area (Å²) < 4.78 is 12.9. The van der Waals surface area contributed by atoms with Crippen molar-refractivity contribution in [2.45, 2.75) is 38.1 Å². The predicted molar refractivity (Wildman–Crippen MR) is 116 cm³/mol. The summed E-state index contributed by atoms with van der Waals surface area (Å²) in [6.07, 6.45) is 3.11. The van der Waals surface area contributed by atoms with Gasteiger partial charge in [-0.3, -0.25) is 14.4 Å². The van der Waals surface area contributed by atoms with Crippen molar-refractivity contribution >= 4 is 17.7 Å². The van der Waals surface area contributed by atoms with E-state index in [-0.39, 0.29) is 17.7 Å². The van der Waals surface area contributed by atoms with E-state index in [1.165, 1.54) is 24.3 Å². The Hall–Kier alpha value is -3.22. The Bertz CT molecular complexity index is 887. The van der Waals surface area contributed by atoms with E-state index >= 15 is 0 Å². The maximum Gasteiger partial charge on any atom is 0.251 e. The van der Waals surface area contributed by atoms with Crippen molar-refractivity contribution in [3.63, 3.8) is 0 Å². The quantitative estimate of drug-likeness (QED) is 0.607. The number of carbonyl (C=O) groups is 3. The van der Waals surface area contributed by atoms with Gasteiger partial charge in [-0.15, -0.1) is 0 Å². The molecule has 31 heavy (non-hydrogen) atoms. The standard InChI is InChI=1S/C24H28FN3O3/c25-20-12-10-19(11-13-20)23(30)26-15-5-16-27-24(31)21-8-4-17-28(21)22(29)14-9-18-6-2-1-3-7-18/h1-3,6-7,10-13,21H,4-5,8-9,14-17H2,(H,26,30)(H,27,31)/t21-/m1/s1. The van der Waals surface area contributed by atoms with Crippen molar-refractivity contribution in [1.29, 1.82) is 0 Å². The molecule has 164 valence electrons. The number of benzene rings is 2. The summed E-state index contributed by atoms with van der Waals surface area (Å²) in [6.45, 7) is 1.41. The Labute approximate surface area is 181 Å². The molecule has 3 rings (SSSR count). The third kappa shape index (κ3) is 6.64. The molecule has 3 amide bonds. The maximum atomic E-state index is 12.9. The number of halogens is 1. The molecule has 0 spiro atoms. The van der Waals surface area contributed by atoms with Gasteiger partial charge in [0.2, 0.25) is 11.8 Å². The van der Waals surface area contributed by atoms with Crippen LogP contribution in [-0.2, 0) is 16.0 Å². The van der Waals surface area contributed by atoms with Crippen molar-refractivity contribution in [3.8, 4) is 0 Å². The molecule has 0 saturated carbocycles. The Morgan fingerprint density at radius 1 is 0.968 bits per heavy atom. The zero-order valence-corrected chi connectivity index (χ0v) is 17.5.